The first-order chi connectivity index (χ1) is 6.74. The van der Waals surface area contributed by atoms with Gasteiger partial charge in [-0.3, -0.25) is 0 Å². The number of rotatable bonds is 8. The Morgan fingerprint density at radius 2 is 1.64 bits per heavy atom. The van der Waals surface area contributed by atoms with Gasteiger partial charge in [0.2, 0.25) is 0 Å². The highest BCUT2D eigenvalue weighted by molar-refractivity contribution is 5.20. The summed E-state index contributed by atoms with van der Waals surface area (Å²) in [5.74, 6) is 0. The van der Waals surface area contributed by atoms with Gasteiger partial charge in [-0.25, -0.2) is 0 Å². The molecule has 0 atom stereocenters. The predicted octanol–water partition coefficient (Wildman–Crippen LogP) is 3.84. The second kappa shape index (κ2) is 9.01. The maximum atomic E-state index is 8.89. The lowest BCUT2D eigenvalue weighted by Gasteiger charge is -2.06. The quantitative estimate of drug-likeness (QED) is 0.585. The molecule has 14 heavy (non-hydrogen) atoms. The minimum atomic E-state index is 0.0851. The van der Waals surface area contributed by atoms with E-state index in [9.17, 15) is 0 Å². The van der Waals surface area contributed by atoms with Crippen molar-refractivity contribution in [3.8, 4) is 0 Å². The highest BCUT2D eigenvalue weighted by Gasteiger charge is 1.97. The Balaban J connectivity index is 4.07. The molecule has 0 heterocycles. The van der Waals surface area contributed by atoms with Crippen molar-refractivity contribution >= 4 is 0 Å². The van der Waals surface area contributed by atoms with Gasteiger partial charge < -0.3 is 5.11 Å². The summed E-state index contributed by atoms with van der Waals surface area (Å²) in [6.07, 6.45) is 9.35. The Morgan fingerprint density at radius 1 is 1.14 bits per heavy atom. The molecule has 1 heteroatoms. The Bertz CT molecular complexity index is 170. The molecule has 0 aromatic carbocycles. The predicted molar refractivity (Wildman–Crippen MR) is 63.4 cm³/mol. The summed E-state index contributed by atoms with van der Waals surface area (Å²) >= 11 is 0. The van der Waals surface area contributed by atoms with Gasteiger partial charge in [-0.15, -0.1) is 0 Å². The fourth-order valence-electron chi connectivity index (χ4n) is 1.41. The average Bonchev–Trinajstić information content (AvgIpc) is 2.21. The number of allylic oxidation sites excluding steroid dienone is 1. The van der Waals surface area contributed by atoms with Crippen LogP contribution >= 0.6 is 0 Å². The summed E-state index contributed by atoms with van der Waals surface area (Å²) in [7, 11) is 0. The first kappa shape index (κ1) is 13.4. The van der Waals surface area contributed by atoms with Crippen LogP contribution in [0, 0.1) is 0 Å². The van der Waals surface area contributed by atoms with Crippen LogP contribution in [0.3, 0.4) is 0 Å². The zero-order chi connectivity index (χ0) is 10.8. The van der Waals surface area contributed by atoms with E-state index in [1.807, 2.05) is 0 Å². The van der Waals surface area contributed by atoms with Gasteiger partial charge in [0.15, 0.2) is 0 Å². The normalized spacial score (nSPS) is 9.93. The lowest BCUT2D eigenvalue weighted by molar-refractivity contribution is 0.335. The summed E-state index contributed by atoms with van der Waals surface area (Å²) in [6.45, 7) is 8.30. The van der Waals surface area contributed by atoms with E-state index < -0.39 is 0 Å². The molecule has 0 amide bonds. The molecule has 0 saturated carbocycles. The second-order valence-electron chi connectivity index (χ2n) is 3.83. The Kier molecular flexibility index (Phi) is 8.65. The summed E-state index contributed by atoms with van der Waals surface area (Å²) in [6, 6.07) is 0. The minimum absolute atomic E-state index is 0.0851. The minimum Gasteiger partial charge on any atom is -0.392 e. The third-order valence-electron chi connectivity index (χ3n) is 2.31. The lowest BCUT2D eigenvalue weighted by Crippen LogP contribution is -1.90. The maximum absolute atomic E-state index is 8.89. The van der Waals surface area contributed by atoms with E-state index in [1.165, 1.54) is 31.3 Å². The van der Waals surface area contributed by atoms with E-state index in [0.29, 0.717) is 0 Å². The summed E-state index contributed by atoms with van der Waals surface area (Å²) in [4.78, 5) is 0. The lowest BCUT2D eigenvalue weighted by atomic mass is 10.0. The molecule has 0 aliphatic carbocycles. The molecule has 0 unspecified atom stereocenters. The van der Waals surface area contributed by atoms with E-state index in [-0.39, 0.29) is 6.61 Å². The third-order valence-corrected chi connectivity index (χ3v) is 2.31. The molecule has 1 N–H and O–H groups in total. The van der Waals surface area contributed by atoms with Gasteiger partial charge in [-0.1, -0.05) is 44.9 Å². The van der Waals surface area contributed by atoms with Crippen LogP contribution in [-0.4, -0.2) is 11.7 Å². The van der Waals surface area contributed by atoms with Gasteiger partial charge in [0.25, 0.3) is 0 Å². The molecule has 0 rings (SSSR count). The second-order valence-corrected chi connectivity index (χ2v) is 3.83. The van der Waals surface area contributed by atoms with Gasteiger partial charge in [0.05, 0.1) is 6.61 Å². The molecule has 0 aromatic heterocycles. The first-order valence-electron chi connectivity index (χ1n) is 5.72. The van der Waals surface area contributed by atoms with E-state index in [2.05, 4.69) is 26.5 Å². The topological polar surface area (TPSA) is 20.2 Å². The van der Waals surface area contributed by atoms with Crippen LogP contribution in [0.2, 0.25) is 0 Å². The van der Waals surface area contributed by atoms with E-state index in [1.54, 1.807) is 0 Å². The van der Waals surface area contributed by atoms with Crippen LogP contribution in [0.4, 0.5) is 0 Å². The molecule has 1 nitrogen and oxygen atoms in total. The van der Waals surface area contributed by atoms with Crippen LogP contribution < -0.4 is 0 Å². The summed E-state index contributed by atoms with van der Waals surface area (Å²) in [5.41, 5.74) is 2.29. The van der Waals surface area contributed by atoms with Gasteiger partial charge in [-0.2, -0.15) is 0 Å². The standard InChI is InChI=1S/C13H24O/c1-4-6-8-13(9-7-5-2)10-12(3)11-14/h10,14H,3-9,11H2,1-2H3. The molecule has 0 spiro atoms. The van der Waals surface area contributed by atoms with Gasteiger partial charge in [0, 0.05) is 0 Å². The number of aliphatic hydroxyl groups is 1. The number of unbranched alkanes of at least 4 members (excludes halogenated alkanes) is 2. The van der Waals surface area contributed by atoms with Crippen LogP contribution in [0.5, 0.6) is 0 Å². The van der Waals surface area contributed by atoms with E-state index in [0.717, 1.165) is 18.4 Å². The van der Waals surface area contributed by atoms with Gasteiger partial charge >= 0.3 is 0 Å². The molecular weight excluding hydrogens is 172 g/mol. The maximum Gasteiger partial charge on any atom is 0.0676 e. The van der Waals surface area contributed by atoms with Crippen LogP contribution in [-0.2, 0) is 0 Å². The van der Waals surface area contributed by atoms with Gasteiger partial charge in [0.1, 0.15) is 0 Å². The van der Waals surface area contributed by atoms with Crippen molar-refractivity contribution in [2.45, 2.75) is 52.4 Å². The molecule has 0 saturated heterocycles. The zero-order valence-corrected chi connectivity index (χ0v) is 9.68. The monoisotopic (exact) mass is 196 g/mol. The molecule has 0 bridgehead atoms. The Labute approximate surface area is 88.5 Å². The number of aliphatic hydroxyl groups excluding tert-OH is 1. The molecule has 0 aromatic rings. The zero-order valence-electron chi connectivity index (χ0n) is 9.68. The van der Waals surface area contributed by atoms with Crippen molar-refractivity contribution in [3.63, 3.8) is 0 Å². The fourth-order valence-corrected chi connectivity index (χ4v) is 1.41. The van der Waals surface area contributed by atoms with Crippen LogP contribution in [0.25, 0.3) is 0 Å². The van der Waals surface area contributed by atoms with Crippen molar-refractivity contribution in [1.82, 2.24) is 0 Å². The summed E-state index contributed by atoms with van der Waals surface area (Å²) < 4.78 is 0. The molecule has 0 aliphatic rings. The van der Waals surface area contributed by atoms with E-state index >= 15 is 0 Å². The van der Waals surface area contributed by atoms with Crippen molar-refractivity contribution in [1.29, 1.82) is 0 Å². The van der Waals surface area contributed by atoms with Crippen molar-refractivity contribution in [2.75, 3.05) is 6.61 Å². The van der Waals surface area contributed by atoms with Crippen LogP contribution in [0.1, 0.15) is 52.4 Å². The molecule has 82 valence electrons. The average molecular weight is 196 g/mol. The molecule has 0 radical (unpaired) electrons. The van der Waals surface area contributed by atoms with Crippen molar-refractivity contribution in [2.24, 2.45) is 0 Å². The number of hydrogen-bond acceptors (Lipinski definition) is 1. The Hall–Kier alpha value is -0.560. The van der Waals surface area contributed by atoms with E-state index in [4.69, 9.17) is 5.11 Å². The van der Waals surface area contributed by atoms with Crippen molar-refractivity contribution in [3.05, 3.63) is 23.8 Å². The third kappa shape index (κ3) is 6.90. The number of hydrogen-bond donors (Lipinski definition) is 1. The smallest absolute Gasteiger partial charge is 0.0676 e. The molecule has 0 aliphatic heterocycles. The van der Waals surface area contributed by atoms with Gasteiger partial charge in [-0.05, 0) is 31.3 Å². The highest BCUT2D eigenvalue weighted by atomic mass is 16.3. The molecular formula is C13H24O. The Morgan fingerprint density at radius 3 is 2.00 bits per heavy atom. The first-order valence-corrected chi connectivity index (χ1v) is 5.72. The molecule has 0 fully saturated rings. The SMILES string of the molecule is C=C(C=C(CCCC)CCCC)CO. The highest BCUT2D eigenvalue weighted by Crippen LogP contribution is 2.16. The van der Waals surface area contributed by atoms with Crippen LogP contribution in [0.15, 0.2) is 23.8 Å². The summed E-state index contributed by atoms with van der Waals surface area (Å²) in [5, 5.41) is 8.89. The largest absolute Gasteiger partial charge is 0.392 e. The fraction of sp³-hybridized carbons (Fsp3) is 0.692. The van der Waals surface area contributed by atoms with Crippen molar-refractivity contribution < 1.29 is 5.11 Å².